The van der Waals surface area contributed by atoms with E-state index in [0.717, 1.165) is 6.07 Å². The molecule has 1 aromatic carbocycles. The highest BCUT2D eigenvalue weighted by atomic mass is 35.5. The van der Waals surface area contributed by atoms with Crippen molar-refractivity contribution in [2.75, 3.05) is 6.61 Å². The van der Waals surface area contributed by atoms with E-state index in [0.29, 0.717) is 0 Å². The van der Waals surface area contributed by atoms with Gasteiger partial charge >= 0.3 is 5.97 Å². The number of aliphatic hydroxyl groups is 1. The van der Waals surface area contributed by atoms with Crippen molar-refractivity contribution in [3.63, 3.8) is 0 Å². The van der Waals surface area contributed by atoms with Crippen molar-refractivity contribution in [1.29, 1.82) is 0 Å². The second-order valence-corrected chi connectivity index (χ2v) is 3.58. The summed E-state index contributed by atoms with van der Waals surface area (Å²) >= 11 is 5.43. The van der Waals surface area contributed by atoms with Gasteiger partial charge < -0.3 is 15.5 Å². The van der Waals surface area contributed by atoms with Gasteiger partial charge in [-0.05, 0) is 18.2 Å². The number of hydrogen-bond acceptors (Lipinski definition) is 3. The Kier molecular flexibility index (Phi) is 4.42. The molecule has 0 fully saturated rings. The van der Waals surface area contributed by atoms with Gasteiger partial charge in [-0.3, -0.25) is 4.79 Å². The molecular formula is C10H9ClFNO4. The number of aliphatic carboxylic acids is 1. The first-order chi connectivity index (χ1) is 7.95. The van der Waals surface area contributed by atoms with Crippen LogP contribution in [0.3, 0.4) is 0 Å². The van der Waals surface area contributed by atoms with Crippen molar-refractivity contribution in [1.82, 2.24) is 5.32 Å². The second kappa shape index (κ2) is 5.60. The molecule has 92 valence electrons. The van der Waals surface area contributed by atoms with E-state index >= 15 is 0 Å². The number of carbonyl (C=O) groups is 2. The van der Waals surface area contributed by atoms with E-state index in [1.807, 2.05) is 5.32 Å². The van der Waals surface area contributed by atoms with Crippen LogP contribution in [0, 0.1) is 5.82 Å². The van der Waals surface area contributed by atoms with Gasteiger partial charge in [-0.25, -0.2) is 9.18 Å². The third kappa shape index (κ3) is 3.40. The number of amides is 1. The van der Waals surface area contributed by atoms with Gasteiger partial charge in [-0.2, -0.15) is 0 Å². The lowest BCUT2D eigenvalue weighted by molar-refractivity contribution is -0.140. The van der Waals surface area contributed by atoms with Crippen molar-refractivity contribution in [3.8, 4) is 0 Å². The molecule has 1 rings (SSSR count). The highest BCUT2D eigenvalue weighted by Gasteiger charge is 2.19. The van der Waals surface area contributed by atoms with Crippen molar-refractivity contribution in [2.45, 2.75) is 6.04 Å². The maximum atomic E-state index is 13.0. The van der Waals surface area contributed by atoms with Crippen LogP contribution in [0.2, 0.25) is 5.02 Å². The summed E-state index contributed by atoms with van der Waals surface area (Å²) in [5.74, 6) is -2.97. The van der Waals surface area contributed by atoms with Crippen LogP contribution in [0.15, 0.2) is 18.2 Å². The topological polar surface area (TPSA) is 86.6 Å². The fourth-order valence-electron chi connectivity index (χ4n) is 1.06. The zero-order valence-electron chi connectivity index (χ0n) is 8.48. The summed E-state index contributed by atoms with van der Waals surface area (Å²) in [5.41, 5.74) is -0.0772. The number of aliphatic hydroxyl groups excluding tert-OH is 1. The van der Waals surface area contributed by atoms with Crippen LogP contribution in [-0.4, -0.2) is 34.7 Å². The predicted molar refractivity (Wildman–Crippen MR) is 57.4 cm³/mol. The quantitative estimate of drug-likeness (QED) is 0.743. The summed E-state index contributed by atoms with van der Waals surface area (Å²) in [6.07, 6.45) is 0. The summed E-state index contributed by atoms with van der Waals surface area (Å²) in [5, 5.41) is 19.2. The average Bonchev–Trinajstić information content (AvgIpc) is 2.28. The van der Waals surface area contributed by atoms with Gasteiger partial charge in [0.25, 0.3) is 5.91 Å². The molecule has 7 heteroatoms. The first kappa shape index (κ1) is 13.4. The molecule has 0 saturated carbocycles. The fraction of sp³-hybridized carbons (Fsp3) is 0.200. The number of carboxylic acid groups (broad SMARTS) is 1. The van der Waals surface area contributed by atoms with Crippen LogP contribution >= 0.6 is 11.6 Å². The number of carboxylic acids is 1. The molecule has 0 unspecified atom stereocenters. The van der Waals surface area contributed by atoms with Crippen molar-refractivity contribution < 1.29 is 24.2 Å². The van der Waals surface area contributed by atoms with Gasteiger partial charge in [0.1, 0.15) is 5.82 Å². The molecule has 0 spiro atoms. The molecule has 0 radical (unpaired) electrons. The van der Waals surface area contributed by atoms with Crippen LogP contribution in [-0.2, 0) is 4.79 Å². The molecule has 5 nitrogen and oxygen atoms in total. The van der Waals surface area contributed by atoms with Crippen LogP contribution in [0.1, 0.15) is 10.4 Å². The van der Waals surface area contributed by atoms with Crippen LogP contribution < -0.4 is 5.32 Å². The zero-order valence-corrected chi connectivity index (χ0v) is 9.24. The summed E-state index contributed by atoms with van der Waals surface area (Å²) in [6, 6.07) is 1.88. The minimum Gasteiger partial charge on any atom is -0.480 e. The van der Waals surface area contributed by atoms with E-state index in [9.17, 15) is 14.0 Å². The summed E-state index contributed by atoms with van der Waals surface area (Å²) in [4.78, 5) is 22.0. The summed E-state index contributed by atoms with van der Waals surface area (Å²) in [6.45, 7) is -0.753. The lowest BCUT2D eigenvalue weighted by Gasteiger charge is -2.11. The van der Waals surface area contributed by atoms with Crippen molar-refractivity contribution in [2.24, 2.45) is 0 Å². The Morgan fingerprint density at radius 2 is 2.12 bits per heavy atom. The Morgan fingerprint density at radius 1 is 1.47 bits per heavy atom. The second-order valence-electron chi connectivity index (χ2n) is 3.18. The lowest BCUT2D eigenvalue weighted by atomic mass is 10.2. The summed E-state index contributed by atoms with van der Waals surface area (Å²) in [7, 11) is 0. The van der Waals surface area contributed by atoms with E-state index in [2.05, 4.69) is 0 Å². The highest BCUT2D eigenvalue weighted by molar-refractivity contribution is 6.30. The first-order valence-electron chi connectivity index (χ1n) is 4.55. The Bertz CT molecular complexity index is 452. The monoisotopic (exact) mass is 261 g/mol. The molecular weight excluding hydrogens is 253 g/mol. The Morgan fingerprint density at radius 3 is 2.59 bits per heavy atom. The lowest BCUT2D eigenvalue weighted by Crippen LogP contribution is -2.43. The number of halogens is 2. The fourth-order valence-corrected chi connectivity index (χ4v) is 1.18. The molecule has 17 heavy (non-hydrogen) atoms. The first-order valence-corrected chi connectivity index (χ1v) is 4.93. The average molecular weight is 262 g/mol. The minimum atomic E-state index is -1.43. The van der Waals surface area contributed by atoms with Crippen molar-refractivity contribution >= 4 is 23.5 Å². The molecule has 1 atom stereocenters. The molecule has 0 saturated heterocycles. The summed E-state index contributed by atoms with van der Waals surface area (Å²) < 4.78 is 13.0. The van der Waals surface area contributed by atoms with Gasteiger partial charge in [0, 0.05) is 5.56 Å². The van der Waals surface area contributed by atoms with Crippen LogP contribution in [0.4, 0.5) is 4.39 Å². The Labute approximate surface area is 101 Å². The van der Waals surface area contributed by atoms with Crippen LogP contribution in [0.25, 0.3) is 0 Å². The number of benzene rings is 1. The van der Waals surface area contributed by atoms with Gasteiger partial charge in [-0.15, -0.1) is 0 Å². The molecule has 1 amide bonds. The van der Waals surface area contributed by atoms with Gasteiger partial charge in [0.2, 0.25) is 0 Å². The predicted octanol–water partition coefficient (Wildman–Crippen LogP) is 0.654. The Hall–Kier alpha value is -1.66. The number of hydrogen-bond donors (Lipinski definition) is 3. The molecule has 0 aliphatic carbocycles. The number of carbonyl (C=O) groups excluding carboxylic acids is 1. The van der Waals surface area contributed by atoms with E-state index < -0.39 is 30.3 Å². The third-order valence-electron chi connectivity index (χ3n) is 1.97. The van der Waals surface area contributed by atoms with E-state index in [1.165, 1.54) is 12.1 Å². The highest BCUT2D eigenvalue weighted by Crippen LogP contribution is 2.15. The van der Waals surface area contributed by atoms with Gasteiger partial charge in [-0.1, -0.05) is 11.6 Å². The zero-order chi connectivity index (χ0) is 13.0. The minimum absolute atomic E-state index is 0.0772. The van der Waals surface area contributed by atoms with Gasteiger partial charge in [0.05, 0.1) is 11.6 Å². The largest absolute Gasteiger partial charge is 0.480 e. The normalized spacial score (nSPS) is 11.9. The molecule has 0 aromatic heterocycles. The Balaban J connectivity index is 2.82. The van der Waals surface area contributed by atoms with Gasteiger partial charge in [0.15, 0.2) is 6.04 Å². The maximum absolute atomic E-state index is 13.0. The smallest absolute Gasteiger partial charge is 0.328 e. The SMILES string of the molecule is O=C(N[C@H](CO)C(=O)O)c1ccc(Cl)c(F)c1. The maximum Gasteiger partial charge on any atom is 0.328 e. The molecule has 0 bridgehead atoms. The van der Waals surface area contributed by atoms with E-state index in [1.54, 1.807) is 0 Å². The molecule has 0 heterocycles. The number of nitrogens with one attached hydrogen (secondary N) is 1. The molecule has 3 N–H and O–H groups in total. The van der Waals surface area contributed by atoms with Crippen LogP contribution in [0.5, 0.6) is 0 Å². The third-order valence-corrected chi connectivity index (χ3v) is 2.27. The molecule has 0 aliphatic heterocycles. The molecule has 0 aliphatic rings. The van der Waals surface area contributed by atoms with E-state index in [-0.39, 0.29) is 10.6 Å². The standard InChI is InChI=1S/C10H9ClFNO4/c11-6-2-1-5(3-7(6)12)9(15)13-8(4-14)10(16)17/h1-3,8,14H,4H2,(H,13,15)(H,16,17)/t8-/m1/s1. The molecule has 1 aromatic rings. The number of rotatable bonds is 4. The van der Waals surface area contributed by atoms with Crippen molar-refractivity contribution in [3.05, 3.63) is 34.6 Å². The van der Waals surface area contributed by atoms with E-state index in [4.69, 9.17) is 21.8 Å².